The number of rotatable bonds is 5. The van der Waals surface area contributed by atoms with E-state index < -0.39 is 0 Å². The quantitative estimate of drug-likeness (QED) is 0.811. The molecule has 0 saturated heterocycles. The summed E-state index contributed by atoms with van der Waals surface area (Å²) in [7, 11) is 2.00. The van der Waals surface area contributed by atoms with Crippen molar-refractivity contribution in [3.63, 3.8) is 0 Å². The molecule has 80 valence electrons. The lowest BCUT2D eigenvalue weighted by Crippen LogP contribution is -2.21. The summed E-state index contributed by atoms with van der Waals surface area (Å²) in [5, 5.41) is 6.71. The number of aromatic nitrogens is 1. The Labute approximate surface area is 90.8 Å². The largest absolute Gasteiger partial charge is 0.319 e. The van der Waals surface area contributed by atoms with Gasteiger partial charge < -0.3 is 5.32 Å². The lowest BCUT2D eigenvalue weighted by atomic mass is 9.96. The fourth-order valence-corrected chi connectivity index (χ4v) is 2.66. The van der Waals surface area contributed by atoms with Crippen LogP contribution in [0, 0.1) is 5.92 Å². The van der Waals surface area contributed by atoms with Crippen LogP contribution in [-0.2, 0) is 6.42 Å². The molecular formula is C11H20N2S. The molecule has 1 aromatic rings. The Morgan fingerprint density at radius 3 is 2.64 bits per heavy atom. The zero-order valence-electron chi connectivity index (χ0n) is 9.50. The molecule has 1 heterocycles. The van der Waals surface area contributed by atoms with Gasteiger partial charge in [0.25, 0.3) is 0 Å². The van der Waals surface area contributed by atoms with Crippen LogP contribution < -0.4 is 5.32 Å². The van der Waals surface area contributed by atoms with Crippen LogP contribution in [0.4, 0.5) is 0 Å². The highest BCUT2D eigenvalue weighted by Crippen LogP contribution is 2.26. The molecule has 0 amide bonds. The molecule has 0 aromatic carbocycles. The summed E-state index contributed by atoms with van der Waals surface area (Å²) in [5.74, 6) is 1.21. The number of aryl methyl sites for hydroxylation is 1. The highest BCUT2D eigenvalue weighted by Gasteiger charge is 2.18. The number of hydrogen-bond acceptors (Lipinski definition) is 3. The maximum absolute atomic E-state index is 4.65. The molecule has 2 nitrogen and oxygen atoms in total. The summed E-state index contributed by atoms with van der Waals surface area (Å²) < 4.78 is 0. The van der Waals surface area contributed by atoms with Crippen molar-refractivity contribution >= 4 is 11.3 Å². The number of likely N-dealkylation sites (N-methyl/N-ethyl adjacent to an activating group) is 1. The van der Waals surface area contributed by atoms with Crippen molar-refractivity contribution < 1.29 is 0 Å². The van der Waals surface area contributed by atoms with E-state index in [1.165, 1.54) is 10.7 Å². The first-order valence-corrected chi connectivity index (χ1v) is 6.15. The van der Waals surface area contributed by atoms with Crippen LogP contribution in [0.2, 0.25) is 0 Å². The first kappa shape index (κ1) is 11.7. The third-order valence-electron chi connectivity index (χ3n) is 2.48. The average molecular weight is 212 g/mol. The summed E-state index contributed by atoms with van der Waals surface area (Å²) in [4.78, 5) is 4.65. The Morgan fingerprint density at radius 2 is 2.21 bits per heavy atom. The van der Waals surface area contributed by atoms with Crippen LogP contribution in [0.3, 0.4) is 0 Å². The summed E-state index contributed by atoms with van der Waals surface area (Å²) in [6.45, 7) is 7.69. The molecule has 0 radical (unpaired) electrons. The van der Waals surface area contributed by atoms with Gasteiger partial charge in [-0.05, 0) is 19.4 Å². The van der Waals surface area contributed by atoms with Gasteiger partial charge in [-0.15, -0.1) is 11.3 Å². The molecule has 1 rings (SSSR count). The van der Waals surface area contributed by atoms with Gasteiger partial charge in [-0.2, -0.15) is 0 Å². The van der Waals surface area contributed by atoms with Gasteiger partial charge in [0.15, 0.2) is 0 Å². The monoisotopic (exact) mass is 212 g/mol. The Hall–Kier alpha value is -0.410. The van der Waals surface area contributed by atoms with E-state index in [9.17, 15) is 0 Å². The zero-order chi connectivity index (χ0) is 10.6. The van der Waals surface area contributed by atoms with E-state index in [4.69, 9.17) is 0 Å². The first-order chi connectivity index (χ1) is 6.69. The second kappa shape index (κ2) is 5.47. The van der Waals surface area contributed by atoms with Crippen molar-refractivity contribution in [2.45, 2.75) is 33.1 Å². The van der Waals surface area contributed by atoms with E-state index in [0.717, 1.165) is 13.0 Å². The van der Waals surface area contributed by atoms with E-state index in [2.05, 4.69) is 36.5 Å². The maximum atomic E-state index is 4.65. The average Bonchev–Trinajstić information content (AvgIpc) is 2.61. The fourth-order valence-electron chi connectivity index (χ4n) is 1.48. The molecule has 0 spiro atoms. The zero-order valence-corrected chi connectivity index (χ0v) is 10.3. The third kappa shape index (κ3) is 2.79. The van der Waals surface area contributed by atoms with Crippen molar-refractivity contribution in [1.82, 2.24) is 10.3 Å². The number of nitrogens with zero attached hydrogens (tertiary/aromatic N) is 1. The molecule has 1 N–H and O–H groups in total. The van der Waals surface area contributed by atoms with Crippen molar-refractivity contribution in [3.8, 4) is 0 Å². The minimum atomic E-state index is 0.560. The van der Waals surface area contributed by atoms with Crippen LogP contribution in [0.1, 0.15) is 37.4 Å². The highest BCUT2D eigenvalue weighted by atomic mass is 32.1. The van der Waals surface area contributed by atoms with E-state index in [-0.39, 0.29) is 0 Å². The summed E-state index contributed by atoms with van der Waals surface area (Å²) in [5.41, 5.74) is 1.23. The Bertz CT molecular complexity index is 268. The molecule has 0 bridgehead atoms. The first-order valence-electron chi connectivity index (χ1n) is 5.27. The normalized spacial score (nSPS) is 13.5. The topological polar surface area (TPSA) is 24.9 Å². The highest BCUT2D eigenvalue weighted by molar-refractivity contribution is 7.09. The summed E-state index contributed by atoms with van der Waals surface area (Å²) in [6, 6.07) is 0. The maximum Gasteiger partial charge on any atom is 0.0974 e. The predicted molar refractivity (Wildman–Crippen MR) is 63.0 cm³/mol. The number of nitrogens with one attached hydrogen (secondary N) is 1. The number of hydrogen-bond donors (Lipinski definition) is 1. The molecule has 14 heavy (non-hydrogen) atoms. The van der Waals surface area contributed by atoms with Crippen molar-refractivity contribution in [1.29, 1.82) is 0 Å². The molecule has 1 unspecified atom stereocenters. The Balaban J connectivity index is 2.76. The minimum Gasteiger partial charge on any atom is -0.319 e. The molecule has 0 fully saturated rings. The fraction of sp³-hybridized carbons (Fsp3) is 0.727. The van der Waals surface area contributed by atoms with Gasteiger partial charge in [-0.3, -0.25) is 0 Å². The van der Waals surface area contributed by atoms with Gasteiger partial charge in [-0.25, -0.2) is 4.98 Å². The second-order valence-electron chi connectivity index (χ2n) is 3.94. The molecule has 1 aromatic heterocycles. The van der Waals surface area contributed by atoms with E-state index in [1.807, 2.05) is 7.05 Å². The Kier molecular flexibility index (Phi) is 4.55. The molecule has 0 aliphatic carbocycles. The minimum absolute atomic E-state index is 0.560. The Morgan fingerprint density at radius 1 is 1.50 bits per heavy atom. The van der Waals surface area contributed by atoms with E-state index in [1.54, 1.807) is 11.3 Å². The van der Waals surface area contributed by atoms with Crippen LogP contribution in [0.25, 0.3) is 0 Å². The van der Waals surface area contributed by atoms with Crippen molar-refractivity contribution in [2.24, 2.45) is 5.92 Å². The third-order valence-corrected chi connectivity index (χ3v) is 3.50. The molecular weight excluding hydrogens is 192 g/mol. The van der Waals surface area contributed by atoms with Crippen LogP contribution >= 0.6 is 11.3 Å². The molecule has 1 atom stereocenters. The summed E-state index contributed by atoms with van der Waals surface area (Å²) >= 11 is 1.80. The van der Waals surface area contributed by atoms with Crippen LogP contribution in [0.5, 0.6) is 0 Å². The van der Waals surface area contributed by atoms with Gasteiger partial charge in [-0.1, -0.05) is 20.8 Å². The van der Waals surface area contributed by atoms with E-state index in [0.29, 0.717) is 11.8 Å². The van der Waals surface area contributed by atoms with Gasteiger partial charge in [0.1, 0.15) is 0 Å². The lowest BCUT2D eigenvalue weighted by molar-refractivity contribution is 0.476. The predicted octanol–water partition coefficient (Wildman–Crippen LogP) is 2.66. The molecule has 0 saturated carbocycles. The SMILES string of the molecule is CCc1csc(C(CNC)C(C)C)n1. The number of thiazole rings is 1. The van der Waals surface area contributed by atoms with Crippen molar-refractivity contribution in [3.05, 3.63) is 16.1 Å². The molecule has 0 aliphatic heterocycles. The smallest absolute Gasteiger partial charge is 0.0974 e. The van der Waals surface area contributed by atoms with Gasteiger partial charge >= 0.3 is 0 Å². The van der Waals surface area contributed by atoms with Gasteiger partial charge in [0.2, 0.25) is 0 Å². The standard InChI is InChI=1S/C11H20N2S/c1-5-9-7-14-11(13-9)10(6-12-4)8(2)3/h7-8,10,12H,5-6H2,1-4H3. The molecule has 3 heteroatoms. The molecule has 0 aliphatic rings. The van der Waals surface area contributed by atoms with Crippen molar-refractivity contribution in [2.75, 3.05) is 13.6 Å². The van der Waals surface area contributed by atoms with Gasteiger partial charge in [0.05, 0.1) is 10.7 Å². The van der Waals surface area contributed by atoms with Crippen LogP contribution in [0.15, 0.2) is 5.38 Å². The second-order valence-corrected chi connectivity index (χ2v) is 4.83. The summed E-state index contributed by atoms with van der Waals surface area (Å²) in [6.07, 6.45) is 1.04. The van der Waals surface area contributed by atoms with E-state index >= 15 is 0 Å². The lowest BCUT2D eigenvalue weighted by Gasteiger charge is -2.17. The van der Waals surface area contributed by atoms with Gasteiger partial charge in [0, 0.05) is 17.8 Å². The van der Waals surface area contributed by atoms with Crippen LogP contribution in [-0.4, -0.2) is 18.6 Å².